The van der Waals surface area contributed by atoms with Crippen LogP contribution in [0, 0.1) is 5.82 Å². The van der Waals surface area contributed by atoms with Crippen LogP contribution in [0.5, 0.6) is 0 Å². The fraction of sp³-hybridized carbons (Fsp3) is 0.417. The molecule has 0 radical (unpaired) electrons. The molecule has 2 aromatic rings. The molecular weight excluding hydrogens is 509 g/mol. The lowest BCUT2D eigenvalue weighted by molar-refractivity contribution is -0.139. The molecule has 0 aliphatic carbocycles. The van der Waals surface area contributed by atoms with Crippen molar-refractivity contribution < 1.29 is 42.8 Å². The number of sulfonamides is 1. The van der Waals surface area contributed by atoms with Crippen molar-refractivity contribution in [3.8, 4) is 11.3 Å². The molecule has 1 aromatic carbocycles. The highest BCUT2D eigenvalue weighted by Crippen LogP contribution is 2.31. The topological polar surface area (TPSA) is 178 Å². The van der Waals surface area contributed by atoms with E-state index in [1.54, 1.807) is 0 Å². The summed E-state index contributed by atoms with van der Waals surface area (Å²) in [6.07, 6.45) is 0.860. The Bertz CT molecular complexity index is 1210. The van der Waals surface area contributed by atoms with Gasteiger partial charge < -0.3 is 20.4 Å². The van der Waals surface area contributed by atoms with E-state index in [2.05, 4.69) is 9.97 Å². The van der Waals surface area contributed by atoms with Gasteiger partial charge in [0.05, 0.1) is 36.3 Å². The van der Waals surface area contributed by atoms with E-state index >= 15 is 0 Å². The van der Waals surface area contributed by atoms with Gasteiger partial charge in [0.2, 0.25) is 16.0 Å². The molecule has 0 saturated carbocycles. The molecule has 0 aliphatic heterocycles. The molecule has 2 unspecified atom stereocenters. The van der Waals surface area contributed by atoms with Crippen molar-refractivity contribution in [2.45, 2.75) is 51.7 Å². The van der Waals surface area contributed by atoms with Gasteiger partial charge in [0, 0.05) is 31.5 Å². The molecule has 37 heavy (non-hydrogen) atoms. The van der Waals surface area contributed by atoms with E-state index < -0.39 is 46.4 Å². The molecule has 11 nitrogen and oxygen atoms in total. The first-order valence-electron chi connectivity index (χ1n) is 11.1. The highest BCUT2D eigenvalue weighted by Gasteiger charge is 2.22. The molecule has 0 bridgehead atoms. The Labute approximate surface area is 215 Å². The number of aromatic nitrogens is 2. The largest absolute Gasteiger partial charge is 0.481 e. The highest BCUT2D eigenvalue weighted by atomic mass is 32.2. The van der Waals surface area contributed by atoms with E-state index in [0.717, 1.165) is 17.5 Å². The molecule has 1 heterocycles. The number of hydrogen-bond donors (Lipinski definition) is 4. The van der Waals surface area contributed by atoms with Crippen LogP contribution < -0.4 is 4.31 Å². The maximum Gasteiger partial charge on any atom is 0.305 e. The normalized spacial score (nSPS) is 13.1. The van der Waals surface area contributed by atoms with Gasteiger partial charge in [0.25, 0.3) is 5.97 Å². The summed E-state index contributed by atoms with van der Waals surface area (Å²) in [7, 11) is -2.33. The molecule has 0 aliphatic rings. The SMILES string of the molecule is CC(=O)O.CC(C)c1nc(N(C)S(C)(=O)=O)nc(-c2ccc(F)cc2)c1/C=C/C(O)CC(O)CC(=O)O. The quantitative estimate of drug-likeness (QED) is 0.349. The lowest BCUT2D eigenvalue weighted by Gasteiger charge is -2.20. The van der Waals surface area contributed by atoms with Gasteiger partial charge in [0.1, 0.15) is 5.82 Å². The molecule has 0 fully saturated rings. The molecule has 2 atom stereocenters. The zero-order valence-corrected chi connectivity index (χ0v) is 22.0. The van der Waals surface area contributed by atoms with Gasteiger partial charge >= 0.3 is 5.97 Å². The Morgan fingerprint density at radius 3 is 2.11 bits per heavy atom. The van der Waals surface area contributed by atoms with Gasteiger partial charge in [-0.15, -0.1) is 0 Å². The van der Waals surface area contributed by atoms with Crippen LogP contribution in [0.4, 0.5) is 10.3 Å². The van der Waals surface area contributed by atoms with Gasteiger partial charge in [-0.1, -0.05) is 26.0 Å². The van der Waals surface area contributed by atoms with Crippen LogP contribution in [-0.4, -0.2) is 76.3 Å². The summed E-state index contributed by atoms with van der Waals surface area (Å²) in [5.41, 5.74) is 1.80. The lowest BCUT2D eigenvalue weighted by atomic mass is 9.97. The van der Waals surface area contributed by atoms with E-state index in [-0.39, 0.29) is 18.3 Å². The monoisotopic (exact) mass is 541 g/mol. The van der Waals surface area contributed by atoms with Crippen LogP contribution >= 0.6 is 0 Å². The smallest absolute Gasteiger partial charge is 0.305 e. The predicted octanol–water partition coefficient (Wildman–Crippen LogP) is 2.49. The number of carboxylic acids is 2. The molecule has 13 heteroatoms. The maximum atomic E-state index is 13.5. The number of rotatable bonds is 10. The summed E-state index contributed by atoms with van der Waals surface area (Å²) in [5.74, 6) is -2.70. The van der Waals surface area contributed by atoms with E-state index in [1.807, 2.05) is 13.8 Å². The number of aliphatic carboxylic acids is 2. The summed E-state index contributed by atoms with van der Waals surface area (Å²) in [6.45, 7) is 4.79. The van der Waals surface area contributed by atoms with Crippen molar-refractivity contribution in [2.24, 2.45) is 0 Å². The van der Waals surface area contributed by atoms with Crippen molar-refractivity contribution in [2.75, 3.05) is 17.6 Å². The first-order chi connectivity index (χ1) is 17.0. The second kappa shape index (κ2) is 13.8. The number of benzene rings is 1. The molecule has 0 saturated heterocycles. The summed E-state index contributed by atoms with van der Waals surface area (Å²) < 4.78 is 38.6. The number of halogens is 1. The summed E-state index contributed by atoms with van der Waals surface area (Å²) in [5, 5.41) is 36.2. The molecule has 0 spiro atoms. The third-order valence-electron chi connectivity index (χ3n) is 4.82. The minimum atomic E-state index is -3.65. The molecule has 0 amide bonds. The zero-order chi connectivity index (χ0) is 28.5. The molecule has 204 valence electrons. The van der Waals surface area contributed by atoms with Crippen LogP contribution in [0.25, 0.3) is 17.3 Å². The van der Waals surface area contributed by atoms with Gasteiger partial charge in [-0.3, -0.25) is 9.59 Å². The summed E-state index contributed by atoms with van der Waals surface area (Å²) >= 11 is 0. The average Bonchev–Trinajstić information content (AvgIpc) is 2.75. The lowest BCUT2D eigenvalue weighted by Crippen LogP contribution is -2.27. The standard InChI is InChI=1S/C22H28FN3O6S.C2H4O2/c1-13(2)20-18(10-9-16(27)11-17(28)12-19(29)30)21(14-5-7-15(23)8-6-14)25-22(24-20)26(3)33(4,31)32;1-2(3)4/h5-10,13,16-17,27-28H,11-12H2,1-4H3,(H,29,30);1H3,(H,3,4)/b10-9+;. The van der Waals surface area contributed by atoms with Crippen molar-refractivity contribution >= 4 is 34.0 Å². The van der Waals surface area contributed by atoms with Crippen LogP contribution in [0.3, 0.4) is 0 Å². The van der Waals surface area contributed by atoms with Crippen LogP contribution in [-0.2, 0) is 19.6 Å². The highest BCUT2D eigenvalue weighted by molar-refractivity contribution is 7.92. The number of carboxylic acid groups (broad SMARTS) is 2. The Morgan fingerprint density at radius 2 is 1.65 bits per heavy atom. The number of carbonyl (C=O) groups is 2. The van der Waals surface area contributed by atoms with Gasteiger partial charge in [-0.05, 0) is 30.2 Å². The minimum Gasteiger partial charge on any atom is -0.481 e. The number of aliphatic hydroxyl groups excluding tert-OH is 2. The van der Waals surface area contributed by atoms with E-state index in [0.29, 0.717) is 22.5 Å². The fourth-order valence-corrected chi connectivity index (χ4v) is 3.42. The van der Waals surface area contributed by atoms with E-state index in [1.165, 1.54) is 43.5 Å². The number of aliphatic hydroxyl groups is 2. The summed E-state index contributed by atoms with van der Waals surface area (Å²) in [4.78, 5) is 28.6. The van der Waals surface area contributed by atoms with Crippen LogP contribution in [0.1, 0.15) is 50.8 Å². The maximum absolute atomic E-state index is 13.5. The molecule has 1 aromatic heterocycles. The van der Waals surface area contributed by atoms with Crippen molar-refractivity contribution in [1.82, 2.24) is 9.97 Å². The van der Waals surface area contributed by atoms with E-state index in [9.17, 15) is 27.8 Å². The van der Waals surface area contributed by atoms with Crippen molar-refractivity contribution in [3.63, 3.8) is 0 Å². The Balaban J connectivity index is 0.00000159. The first kappa shape index (κ1) is 31.6. The third kappa shape index (κ3) is 10.6. The van der Waals surface area contributed by atoms with Gasteiger partial charge in [0.15, 0.2) is 0 Å². The van der Waals surface area contributed by atoms with Gasteiger partial charge in [-0.25, -0.2) is 27.1 Å². The summed E-state index contributed by atoms with van der Waals surface area (Å²) in [6, 6.07) is 5.49. The number of anilines is 1. The molecule has 2 rings (SSSR count). The van der Waals surface area contributed by atoms with Crippen LogP contribution in [0.15, 0.2) is 30.3 Å². The Hall–Kier alpha value is -3.42. The second-order valence-electron chi connectivity index (χ2n) is 8.50. The minimum absolute atomic E-state index is 0.0601. The van der Waals surface area contributed by atoms with Gasteiger partial charge in [-0.2, -0.15) is 0 Å². The van der Waals surface area contributed by atoms with E-state index in [4.69, 9.17) is 15.0 Å². The second-order valence-corrected chi connectivity index (χ2v) is 10.5. The Kier molecular flexibility index (Phi) is 11.8. The zero-order valence-electron chi connectivity index (χ0n) is 21.2. The molecular formula is C24H32FN3O8S. The van der Waals surface area contributed by atoms with Crippen molar-refractivity contribution in [1.29, 1.82) is 0 Å². The Morgan fingerprint density at radius 1 is 1.11 bits per heavy atom. The first-order valence-corrected chi connectivity index (χ1v) is 12.9. The molecule has 4 N–H and O–H groups in total. The predicted molar refractivity (Wildman–Crippen MR) is 136 cm³/mol. The van der Waals surface area contributed by atoms with Crippen molar-refractivity contribution in [3.05, 3.63) is 47.4 Å². The fourth-order valence-electron chi connectivity index (χ4n) is 3.05. The third-order valence-corrected chi connectivity index (χ3v) is 5.97. The number of hydrogen-bond acceptors (Lipinski definition) is 8. The average molecular weight is 542 g/mol. The van der Waals surface area contributed by atoms with Crippen LogP contribution in [0.2, 0.25) is 0 Å². The number of nitrogens with zero attached hydrogens (tertiary/aromatic N) is 3.